The van der Waals surface area contributed by atoms with Crippen LogP contribution in [0.15, 0.2) is 42.5 Å². The number of benzene rings is 2. The average Bonchev–Trinajstić information content (AvgIpc) is 2.37. The molecule has 0 radical (unpaired) electrons. The van der Waals surface area contributed by atoms with Gasteiger partial charge in [0.15, 0.2) is 0 Å². The van der Waals surface area contributed by atoms with Crippen LogP contribution in [-0.2, 0) is 6.61 Å². The summed E-state index contributed by atoms with van der Waals surface area (Å²) in [5.41, 5.74) is 0.844. The van der Waals surface area contributed by atoms with Gasteiger partial charge in [-0.3, -0.25) is 0 Å². The van der Waals surface area contributed by atoms with E-state index in [9.17, 15) is 4.79 Å². The molecule has 0 amide bonds. The van der Waals surface area contributed by atoms with Gasteiger partial charge in [-0.2, -0.15) is 0 Å². The Bertz CT molecular complexity index is 611. The van der Waals surface area contributed by atoms with Gasteiger partial charge in [0, 0.05) is 15.6 Å². The van der Waals surface area contributed by atoms with Crippen molar-refractivity contribution in [3.05, 3.63) is 63.6 Å². The van der Waals surface area contributed by atoms with Gasteiger partial charge in [-0.15, -0.1) is 0 Å². The monoisotopic (exact) mass is 296 g/mol. The first kappa shape index (κ1) is 13.7. The summed E-state index contributed by atoms with van der Waals surface area (Å²) in [6.45, 7) is 0.181. The fraction of sp³-hybridized carbons (Fsp3) is 0.0714. The topological polar surface area (TPSA) is 46.5 Å². The predicted octanol–water partition coefficient (Wildman–Crippen LogP) is 4.27. The Balaban J connectivity index is 2.22. The van der Waals surface area contributed by atoms with Crippen molar-refractivity contribution in [1.82, 2.24) is 0 Å². The van der Waals surface area contributed by atoms with E-state index in [0.717, 1.165) is 5.56 Å². The smallest absolute Gasteiger partial charge is 0.339 e. The largest absolute Gasteiger partial charge is 0.488 e. The van der Waals surface area contributed by atoms with Crippen molar-refractivity contribution in [3.8, 4) is 5.75 Å². The highest BCUT2D eigenvalue weighted by Gasteiger charge is 2.12. The van der Waals surface area contributed by atoms with Crippen LogP contribution < -0.4 is 4.74 Å². The third-order valence-corrected chi connectivity index (χ3v) is 3.12. The van der Waals surface area contributed by atoms with E-state index in [2.05, 4.69) is 0 Å². The molecule has 0 atom stereocenters. The fourth-order valence-electron chi connectivity index (χ4n) is 1.56. The number of hydrogen-bond acceptors (Lipinski definition) is 2. The molecule has 0 aromatic heterocycles. The van der Waals surface area contributed by atoms with E-state index in [-0.39, 0.29) is 17.9 Å². The van der Waals surface area contributed by atoms with E-state index >= 15 is 0 Å². The molecule has 19 heavy (non-hydrogen) atoms. The van der Waals surface area contributed by atoms with Crippen molar-refractivity contribution in [1.29, 1.82) is 0 Å². The molecule has 98 valence electrons. The van der Waals surface area contributed by atoms with Crippen LogP contribution in [0.25, 0.3) is 0 Å². The van der Waals surface area contributed by atoms with Gasteiger partial charge in [0.1, 0.15) is 17.9 Å². The number of halogens is 2. The van der Waals surface area contributed by atoms with E-state index in [1.54, 1.807) is 6.07 Å². The van der Waals surface area contributed by atoms with Gasteiger partial charge in [0.05, 0.1) is 0 Å². The number of ether oxygens (including phenoxy) is 1. The SMILES string of the molecule is O=C(O)c1ccc(Cl)cc1OCc1ccccc1Cl. The van der Waals surface area contributed by atoms with Crippen LogP contribution >= 0.6 is 23.2 Å². The number of carboxylic acid groups (broad SMARTS) is 1. The minimum absolute atomic E-state index is 0.0662. The van der Waals surface area contributed by atoms with Crippen molar-refractivity contribution < 1.29 is 14.6 Å². The molecule has 0 heterocycles. The summed E-state index contributed by atoms with van der Waals surface area (Å²) in [7, 11) is 0. The molecule has 2 rings (SSSR count). The van der Waals surface area contributed by atoms with Crippen LogP contribution in [0, 0.1) is 0 Å². The number of carboxylic acids is 1. The van der Waals surface area contributed by atoms with Gasteiger partial charge in [0.25, 0.3) is 0 Å². The zero-order chi connectivity index (χ0) is 13.8. The lowest BCUT2D eigenvalue weighted by atomic mass is 10.2. The third kappa shape index (κ3) is 3.40. The van der Waals surface area contributed by atoms with Gasteiger partial charge in [-0.25, -0.2) is 4.79 Å². The normalized spacial score (nSPS) is 10.2. The lowest BCUT2D eigenvalue weighted by molar-refractivity contribution is 0.0692. The Morgan fingerprint density at radius 2 is 1.89 bits per heavy atom. The summed E-state index contributed by atoms with van der Waals surface area (Å²) in [5.74, 6) is -0.842. The maximum Gasteiger partial charge on any atom is 0.339 e. The zero-order valence-electron chi connectivity index (χ0n) is 9.77. The molecule has 0 spiro atoms. The number of hydrogen-bond donors (Lipinski definition) is 1. The van der Waals surface area contributed by atoms with Gasteiger partial charge < -0.3 is 9.84 Å². The summed E-state index contributed by atoms with van der Waals surface area (Å²) >= 11 is 11.8. The van der Waals surface area contributed by atoms with E-state index in [1.807, 2.05) is 18.2 Å². The lowest BCUT2D eigenvalue weighted by Gasteiger charge is -2.10. The van der Waals surface area contributed by atoms with Crippen molar-refractivity contribution >= 4 is 29.2 Å². The Labute approximate surface area is 120 Å². The van der Waals surface area contributed by atoms with Gasteiger partial charge in [-0.1, -0.05) is 41.4 Å². The number of rotatable bonds is 4. The summed E-state index contributed by atoms with van der Waals surface area (Å²) in [6, 6.07) is 11.6. The van der Waals surface area contributed by atoms with Crippen molar-refractivity contribution in [3.63, 3.8) is 0 Å². The minimum Gasteiger partial charge on any atom is -0.488 e. The van der Waals surface area contributed by atoms with Gasteiger partial charge >= 0.3 is 5.97 Å². The summed E-state index contributed by atoms with van der Waals surface area (Å²) in [5, 5.41) is 10.0. The molecule has 0 bridgehead atoms. The molecule has 0 aliphatic heterocycles. The van der Waals surface area contributed by atoms with Crippen molar-refractivity contribution in [2.75, 3.05) is 0 Å². The van der Waals surface area contributed by atoms with Crippen LogP contribution in [-0.4, -0.2) is 11.1 Å². The molecule has 0 saturated heterocycles. The van der Waals surface area contributed by atoms with Crippen LogP contribution in [0.5, 0.6) is 5.75 Å². The Morgan fingerprint density at radius 3 is 2.58 bits per heavy atom. The van der Waals surface area contributed by atoms with Crippen molar-refractivity contribution in [2.45, 2.75) is 6.61 Å². The molecular weight excluding hydrogens is 287 g/mol. The maximum absolute atomic E-state index is 11.1. The van der Waals surface area contributed by atoms with Gasteiger partial charge in [-0.05, 0) is 24.3 Å². The highest BCUT2D eigenvalue weighted by molar-refractivity contribution is 6.31. The molecule has 0 fully saturated rings. The quantitative estimate of drug-likeness (QED) is 0.916. The molecule has 0 saturated carbocycles. The second-order valence-electron chi connectivity index (χ2n) is 3.83. The molecule has 2 aromatic carbocycles. The Hall–Kier alpha value is -1.71. The molecule has 3 nitrogen and oxygen atoms in total. The first-order chi connectivity index (χ1) is 9.08. The summed E-state index contributed by atoms with van der Waals surface area (Å²) in [6.07, 6.45) is 0. The molecular formula is C14H10Cl2O3. The molecule has 2 aromatic rings. The molecule has 0 aliphatic carbocycles. The highest BCUT2D eigenvalue weighted by Crippen LogP contribution is 2.25. The first-order valence-corrected chi connectivity index (χ1v) is 6.22. The third-order valence-electron chi connectivity index (χ3n) is 2.52. The second kappa shape index (κ2) is 5.95. The highest BCUT2D eigenvalue weighted by atomic mass is 35.5. The molecule has 5 heteroatoms. The van der Waals surface area contributed by atoms with Crippen molar-refractivity contribution in [2.24, 2.45) is 0 Å². The van der Waals surface area contributed by atoms with E-state index in [4.69, 9.17) is 33.0 Å². The summed E-state index contributed by atoms with van der Waals surface area (Å²) < 4.78 is 5.50. The summed E-state index contributed by atoms with van der Waals surface area (Å²) in [4.78, 5) is 11.1. The second-order valence-corrected chi connectivity index (χ2v) is 4.67. The lowest BCUT2D eigenvalue weighted by Crippen LogP contribution is -2.03. The standard InChI is InChI=1S/C14H10Cl2O3/c15-10-5-6-11(14(17)18)13(7-10)19-8-9-3-1-2-4-12(9)16/h1-7H,8H2,(H,17,18). The Morgan fingerprint density at radius 1 is 1.16 bits per heavy atom. The zero-order valence-corrected chi connectivity index (χ0v) is 11.3. The number of aromatic carboxylic acids is 1. The minimum atomic E-state index is -1.06. The molecule has 0 aliphatic rings. The molecule has 1 N–H and O–H groups in total. The van der Waals surface area contributed by atoms with E-state index in [0.29, 0.717) is 10.0 Å². The fourth-order valence-corrected chi connectivity index (χ4v) is 1.92. The number of carbonyl (C=O) groups is 1. The van der Waals surface area contributed by atoms with E-state index < -0.39 is 5.97 Å². The maximum atomic E-state index is 11.1. The first-order valence-electron chi connectivity index (χ1n) is 5.47. The average molecular weight is 297 g/mol. The molecule has 0 unspecified atom stereocenters. The Kier molecular flexibility index (Phi) is 4.30. The van der Waals surface area contributed by atoms with Crippen LogP contribution in [0.2, 0.25) is 10.0 Å². The van der Waals surface area contributed by atoms with Gasteiger partial charge in [0.2, 0.25) is 0 Å². The van der Waals surface area contributed by atoms with E-state index in [1.165, 1.54) is 18.2 Å². The van der Waals surface area contributed by atoms with Crippen LogP contribution in [0.4, 0.5) is 0 Å². The predicted molar refractivity (Wildman–Crippen MR) is 74.2 cm³/mol. The van der Waals surface area contributed by atoms with Crippen LogP contribution in [0.1, 0.15) is 15.9 Å². The van der Waals surface area contributed by atoms with Crippen LogP contribution in [0.3, 0.4) is 0 Å².